The minimum Gasteiger partial charge on any atom is -0.393 e. The van der Waals surface area contributed by atoms with Crippen molar-refractivity contribution in [3.63, 3.8) is 0 Å². The van der Waals surface area contributed by atoms with Crippen molar-refractivity contribution in [2.75, 3.05) is 12.3 Å². The SMILES string of the molecule is CC[C@H]1[C@@H](O)[C@@H]2[C@H](C[C@H](O)[C@]3(C)[C@@H]([C@H](C)CCC(=O)N(CCS(=O)(=O)O)C(C)C)CC[C@@H]23)[C@@]2(C)CC[C@@H](O)C[C@@H]12. The fourth-order valence-corrected chi connectivity index (χ4v) is 10.9. The summed E-state index contributed by atoms with van der Waals surface area (Å²) in [7, 11) is -4.15. The van der Waals surface area contributed by atoms with Gasteiger partial charge in [-0.3, -0.25) is 9.35 Å². The molecule has 0 heterocycles. The molecule has 232 valence electrons. The number of nitrogens with zero attached hydrogens (tertiary/aromatic N) is 1. The molecule has 4 aliphatic rings. The molecular weight excluding hydrogens is 530 g/mol. The van der Waals surface area contributed by atoms with Crippen LogP contribution in [0, 0.1) is 52.3 Å². The number of aliphatic hydroxyl groups is 3. The number of aliphatic hydroxyl groups excluding tert-OH is 3. The summed E-state index contributed by atoms with van der Waals surface area (Å²) in [5.74, 6) is 0.902. The number of carbonyl (C=O) groups is 1. The molecule has 40 heavy (non-hydrogen) atoms. The summed E-state index contributed by atoms with van der Waals surface area (Å²) >= 11 is 0. The Morgan fingerprint density at radius 1 is 1.00 bits per heavy atom. The second kappa shape index (κ2) is 11.7. The van der Waals surface area contributed by atoms with Gasteiger partial charge in [0.25, 0.3) is 10.1 Å². The zero-order chi connectivity index (χ0) is 29.8. The molecule has 0 saturated heterocycles. The van der Waals surface area contributed by atoms with Crippen LogP contribution in [0.2, 0.25) is 0 Å². The van der Waals surface area contributed by atoms with E-state index in [1.165, 1.54) is 4.90 Å². The van der Waals surface area contributed by atoms with Crippen molar-refractivity contribution >= 4 is 16.0 Å². The number of hydrogen-bond acceptors (Lipinski definition) is 6. The van der Waals surface area contributed by atoms with Gasteiger partial charge in [-0.05, 0) is 111 Å². The third-order valence-corrected chi connectivity index (χ3v) is 13.3. The van der Waals surface area contributed by atoms with E-state index >= 15 is 0 Å². The van der Waals surface area contributed by atoms with Gasteiger partial charge < -0.3 is 20.2 Å². The summed E-state index contributed by atoms with van der Waals surface area (Å²) in [5.41, 5.74) is -0.312. The maximum atomic E-state index is 13.1. The van der Waals surface area contributed by atoms with Crippen molar-refractivity contribution in [3.05, 3.63) is 0 Å². The van der Waals surface area contributed by atoms with E-state index in [-0.39, 0.29) is 76.9 Å². The van der Waals surface area contributed by atoms with Gasteiger partial charge >= 0.3 is 0 Å². The van der Waals surface area contributed by atoms with E-state index in [1.54, 1.807) is 0 Å². The third kappa shape index (κ3) is 5.63. The van der Waals surface area contributed by atoms with Crippen LogP contribution < -0.4 is 0 Å². The molecule has 9 heteroatoms. The molecule has 8 nitrogen and oxygen atoms in total. The number of carbonyl (C=O) groups excluding carboxylic acids is 1. The first-order valence-electron chi connectivity index (χ1n) is 15.8. The lowest BCUT2D eigenvalue weighted by molar-refractivity contribution is -0.228. The van der Waals surface area contributed by atoms with Crippen LogP contribution in [0.4, 0.5) is 0 Å². The van der Waals surface area contributed by atoms with E-state index in [0.717, 1.165) is 38.5 Å². The van der Waals surface area contributed by atoms with Gasteiger partial charge in [0.1, 0.15) is 0 Å². The van der Waals surface area contributed by atoms with E-state index in [0.29, 0.717) is 19.3 Å². The maximum absolute atomic E-state index is 13.1. The highest BCUT2D eigenvalue weighted by molar-refractivity contribution is 7.85. The molecule has 4 saturated carbocycles. The molecule has 0 bridgehead atoms. The summed E-state index contributed by atoms with van der Waals surface area (Å²) in [6, 6.07) is -0.166. The van der Waals surface area contributed by atoms with Gasteiger partial charge in [0, 0.05) is 19.0 Å². The summed E-state index contributed by atoms with van der Waals surface area (Å²) in [4.78, 5) is 14.6. The molecule has 0 aromatic rings. The van der Waals surface area contributed by atoms with Gasteiger partial charge in [-0.15, -0.1) is 0 Å². The zero-order valence-corrected chi connectivity index (χ0v) is 26.3. The average Bonchev–Trinajstić information content (AvgIpc) is 3.22. The summed E-state index contributed by atoms with van der Waals surface area (Å²) in [6.45, 7) is 12.6. The molecule has 0 radical (unpaired) electrons. The van der Waals surface area contributed by atoms with E-state index in [4.69, 9.17) is 4.55 Å². The predicted octanol–water partition coefficient (Wildman–Crippen LogP) is 4.13. The Balaban J connectivity index is 1.51. The van der Waals surface area contributed by atoms with Crippen molar-refractivity contribution in [1.29, 1.82) is 0 Å². The average molecular weight is 586 g/mol. The standard InChI is InChI=1S/C31H55NO7S/c1-7-21-24-16-20(33)12-13-30(24,5)25-17-26(34)31(6)22(9-10-23(31)28(25)29(21)36)19(4)8-11-27(35)32(18(2)3)14-15-40(37,38)39/h18-26,28-29,33-34,36H,7-17H2,1-6H3,(H,37,38,39)/t19-,20-,21-,22-,23+,24+,25+,26+,28+,29-,30+,31-/m1/s1. The quantitative estimate of drug-likeness (QED) is 0.299. The van der Waals surface area contributed by atoms with Gasteiger partial charge in [-0.1, -0.05) is 34.1 Å². The predicted molar refractivity (Wildman–Crippen MR) is 155 cm³/mol. The molecule has 1 amide bonds. The minimum absolute atomic E-state index is 0.0184. The van der Waals surface area contributed by atoms with Gasteiger partial charge in [0.15, 0.2) is 0 Å². The highest BCUT2D eigenvalue weighted by Crippen LogP contribution is 2.69. The topological polar surface area (TPSA) is 135 Å². The monoisotopic (exact) mass is 585 g/mol. The molecule has 0 unspecified atom stereocenters. The first-order chi connectivity index (χ1) is 18.6. The Kier molecular flexibility index (Phi) is 9.45. The number of amides is 1. The largest absolute Gasteiger partial charge is 0.393 e. The Labute approximate surface area is 242 Å². The van der Waals surface area contributed by atoms with Crippen molar-refractivity contribution in [2.45, 2.75) is 124 Å². The van der Waals surface area contributed by atoms with Gasteiger partial charge in [0.2, 0.25) is 5.91 Å². The summed E-state index contributed by atoms with van der Waals surface area (Å²) < 4.78 is 31.7. The fourth-order valence-electron chi connectivity index (χ4n) is 10.5. The summed E-state index contributed by atoms with van der Waals surface area (Å²) in [5, 5.41) is 34.3. The Morgan fingerprint density at radius 2 is 1.68 bits per heavy atom. The minimum atomic E-state index is -4.15. The Bertz CT molecular complexity index is 1020. The van der Waals surface area contributed by atoms with Crippen LogP contribution >= 0.6 is 0 Å². The van der Waals surface area contributed by atoms with Gasteiger partial charge in [-0.25, -0.2) is 0 Å². The van der Waals surface area contributed by atoms with E-state index < -0.39 is 28.1 Å². The van der Waals surface area contributed by atoms with Crippen molar-refractivity contribution in [1.82, 2.24) is 4.90 Å². The Hall–Kier alpha value is -0.740. The molecule has 0 aromatic carbocycles. The van der Waals surface area contributed by atoms with Crippen molar-refractivity contribution < 1.29 is 33.1 Å². The normalized spacial score (nSPS) is 44.0. The second-order valence-corrected chi connectivity index (χ2v) is 16.2. The lowest BCUT2D eigenvalue weighted by atomic mass is 9.41. The summed E-state index contributed by atoms with van der Waals surface area (Å²) in [6.07, 6.45) is 5.78. The van der Waals surface area contributed by atoms with E-state index in [2.05, 4.69) is 27.7 Å². The molecule has 4 N–H and O–H groups in total. The van der Waals surface area contributed by atoms with Crippen molar-refractivity contribution in [3.8, 4) is 0 Å². The van der Waals surface area contributed by atoms with Crippen LogP contribution in [-0.4, -0.2) is 75.7 Å². The molecule has 0 aromatic heterocycles. The smallest absolute Gasteiger partial charge is 0.266 e. The number of fused-ring (bicyclic) bond motifs is 5. The first-order valence-corrected chi connectivity index (χ1v) is 17.5. The third-order valence-electron chi connectivity index (χ3n) is 12.6. The molecule has 4 rings (SSSR count). The van der Waals surface area contributed by atoms with Crippen LogP contribution in [0.3, 0.4) is 0 Å². The second-order valence-electron chi connectivity index (χ2n) is 14.7. The van der Waals surface area contributed by atoms with Crippen LogP contribution in [0.15, 0.2) is 0 Å². The van der Waals surface area contributed by atoms with E-state index in [1.807, 2.05) is 13.8 Å². The lowest BCUT2D eigenvalue weighted by Crippen LogP contribution is -2.65. The zero-order valence-electron chi connectivity index (χ0n) is 25.5. The molecule has 0 spiro atoms. The van der Waals surface area contributed by atoms with Crippen LogP contribution in [0.25, 0.3) is 0 Å². The van der Waals surface area contributed by atoms with E-state index in [9.17, 15) is 28.5 Å². The molecule has 4 aliphatic carbocycles. The van der Waals surface area contributed by atoms with Crippen LogP contribution in [0.5, 0.6) is 0 Å². The fraction of sp³-hybridized carbons (Fsp3) is 0.968. The maximum Gasteiger partial charge on any atom is 0.266 e. The number of rotatable bonds is 9. The molecular formula is C31H55NO7S. The number of hydrogen-bond donors (Lipinski definition) is 4. The molecule has 12 atom stereocenters. The highest BCUT2D eigenvalue weighted by Gasteiger charge is 2.67. The van der Waals surface area contributed by atoms with Gasteiger partial charge in [0.05, 0.1) is 24.1 Å². The highest BCUT2D eigenvalue weighted by atomic mass is 32.2. The van der Waals surface area contributed by atoms with Crippen LogP contribution in [0.1, 0.15) is 99.3 Å². The van der Waals surface area contributed by atoms with Crippen LogP contribution in [-0.2, 0) is 14.9 Å². The Morgan fingerprint density at radius 3 is 2.27 bits per heavy atom. The lowest BCUT2D eigenvalue weighted by Gasteiger charge is -2.65. The molecule has 0 aliphatic heterocycles. The van der Waals surface area contributed by atoms with Gasteiger partial charge in [-0.2, -0.15) is 8.42 Å². The molecule has 4 fully saturated rings. The van der Waals surface area contributed by atoms with Crippen molar-refractivity contribution in [2.24, 2.45) is 52.3 Å². The first kappa shape index (κ1) is 32.2.